The molecule has 0 saturated carbocycles. The van der Waals surface area contributed by atoms with E-state index in [1.165, 1.54) is 18.2 Å². The van der Waals surface area contributed by atoms with Crippen molar-refractivity contribution in [3.05, 3.63) is 69.6 Å². The molecule has 3 atom stereocenters. The smallest absolute Gasteiger partial charge is 0.297 e. The van der Waals surface area contributed by atoms with Gasteiger partial charge in [0, 0.05) is 62.4 Å². The molecule has 0 aliphatic rings. The Morgan fingerprint density at radius 2 is 1.81 bits per heavy atom. The van der Waals surface area contributed by atoms with Gasteiger partial charge in [0.05, 0.1) is 16.7 Å². The van der Waals surface area contributed by atoms with Crippen LogP contribution in [-0.4, -0.2) is 74.0 Å². The third-order valence-electron chi connectivity index (χ3n) is 6.37. The molecule has 0 fully saturated rings. The lowest BCUT2D eigenvalue weighted by Crippen LogP contribution is -2.36. The molecule has 2 rings (SSSR count). The average Bonchev–Trinajstić information content (AvgIpc) is 2.95. The van der Waals surface area contributed by atoms with Crippen molar-refractivity contribution in [3.8, 4) is 0 Å². The number of rotatable bonds is 18. The number of carbonyl (C=O) groups is 1. The Bertz CT molecular complexity index is 1260. The molecule has 13 heteroatoms. The minimum atomic E-state index is -1.58. The van der Waals surface area contributed by atoms with Gasteiger partial charge < -0.3 is 23.9 Å². The minimum absolute atomic E-state index is 0.0191. The molecule has 0 aliphatic heterocycles. The normalized spacial score (nSPS) is 14.2. The molecule has 0 aromatic heterocycles. The molecule has 0 spiro atoms. The van der Waals surface area contributed by atoms with Crippen molar-refractivity contribution < 1.29 is 23.9 Å². The maximum Gasteiger partial charge on any atom is 0.297 e. The third kappa shape index (κ3) is 10.2. The van der Waals surface area contributed by atoms with Crippen LogP contribution in [0.5, 0.6) is 0 Å². The van der Waals surface area contributed by atoms with Crippen molar-refractivity contribution in [2.24, 2.45) is 16.1 Å². The van der Waals surface area contributed by atoms with Crippen LogP contribution in [0.2, 0.25) is 0 Å². The van der Waals surface area contributed by atoms with Gasteiger partial charge in [0.15, 0.2) is 11.5 Å². The highest BCUT2D eigenvalue weighted by molar-refractivity contribution is 7.44. The van der Waals surface area contributed by atoms with Crippen LogP contribution < -0.4 is 4.90 Å². The summed E-state index contributed by atoms with van der Waals surface area (Å²) in [5.41, 5.74) is 1.30. The number of Topliss-reactive ketones (excluding diaryl/α,β-unsaturated/α-hetero) is 1. The van der Waals surface area contributed by atoms with Crippen LogP contribution in [0.15, 0.2) is 52.7 Å². The van der Waals surface area contributed by atoms with Crippen molar-refractivity contribution in [1.82, 2.24) is 4.67 Å². The van der Waals surface area contributed by atoms with Gasteiger partial charge in [0.25, 0.3) is 14.2 Å². The van der Waals surface area contributed by atoms with Gasteiger partial charge in [-0.15, -0.1) is 5.11 Å². The van der Waals surface area contributed by atoms with Crippen LogP contribution in [0.3, 0.4) is 0 Å². The number of aliphatic hydroxyl groups excluding tert-OH is 1. The summed E-state index contributed by atoms with van der Waals surface area (Å²) in [4.78, 5) is 29.8. The van der Waals surface area contributed by atoms with Gasteiger partial charge in [-0.05, 0) is 71.0 Å². The second-order valence-electron chi connectivity index (χ2n) is 10.5. The Morgan fingerprint density at radius 1 is 1.14 bits per heavy atom. The monoisotopic (exact) mass is 601 g/mol. The number of anilines is 1. The van der Waals surface area contributed by atoms with Crippen molar-refractivity contribution in [1.29, 1.82) is 1.43 Å². The summed E-state index contributed by atoms with van der Waals surface area (Å²) in [7, 11) is 2.25. The summed E-state index contributed by atoms with van der Waals surface area (Å²) in [6, 6.07) is 11.5. The highest BCUT2D eigenvalue weighted by atomic mass is 31.2. The average molecular weight is 602 g/mol. The molecule has 0 amide bonds. The number of hydrogen-bond donors (Lipinski definition) is 1. The van der Waals surface area contributed by atoms with E-state index in [4.69, 9.17) is 17.1 Å². The molecular formula is C29H41N6O6P. The lowest BCUT2D eigenvalue weighted by Gasteiger charge is -2.37. The molecule has 1 unspecified atom stereocenters. The number of hydrogen-bond acceptors (Lipinski definition) is 10. The Balaban J connectivity index is 2.24. The van der Waals surface area contributed by atoms with E-state index in [9.17, 15) is 14.9 Å². The second-order valence-corrected chi connectivity index (χ2v) is 11.9. The van der Waals surface area contributed by atoms with Gasteiger partial charge in [-0.3, -0.25) is 14.9 Å². The van der Waals surface area contributed by atoms with Crippen molar-refractivity contribution >= 4 is 37.1 Å². The van der Waals surface area contributed by atoms with E-state index in [2.05, 4.69) is 24.9 Å². The zero-order valence-electron chi connectivity index (χ0n) is 26.3. The predicted molar refractivity (Wildman–Crippen MR) is 165 cm³/mol. The number of ketones is 1. The van der Waals surface area contributed by atoms with Gasteiger partial charge in [-0.25, -0.2) is 11.2 Å². The van der Waals surface area contributed by atoms with Gasteiger partial charge in [-0.2, -0.15) is 5.11 Å². The predicted octanol–water partition coefficient (Wildman–Crippen LogP) is 6.94. The number of carbonyl (C=O) groups excluding carboxylic acids is 1. The fourth-order valence-corrected chi connectivity index (χ4v) is 5.84. The molecule has 0 radical (unpaired) electrons. The summed E-state index contributed by atoms with van der Waals surface area (Å²) in [5.74, 6) is -0.907. The molecule has 228 valence electrons. The zero-order valence-corrected chi connectivity index (χ0v) is 26.2. The van der Waals surface area contributed by atoms with Gasteiger partial charge in [0.1, 0.15) is 6.61 Å². The first-order valence-electron chi connectivity index (χ1n) is 14.1. The summed E-state index contributed by atoms with van der Waals surface area (Å²) < 4.78 is 21.7. The van der Waals surface area contributed by atoms with Crippen molar-refractivity contribution in [3.63, 3.8) is 0 Å². The molecule has 0 aliphatic carbocycles. The molecule has 2 aromatic rings. The molecule has 12 nitrogen and oxygen atoms in total. The molecular weight excluding hydrogens is 559 g/mol. The van der Waals surface area contributed by atoms with Crippen LogP contribution in [0.1, 0.15) is 51.4 Å². The maximum atomic E-state index is 13.3. The van der Waals surface area contributed by atoms with Crippen molar-refractivity contribution in [2.45, 2.75) is 59.2 Å². The number of nitrogens with zero attached hydrogens (tertiary/aromatic N) is 6. The van der Waals surface area contributed by atoms with Crippen LogP contribution in [0.25, 0.3) is 4.85 Å². The van der Waals surface area contributed by atoms with E-state index in [0.717, 1.165) is 5.69 Å². The maximum absolute atomic E-state index is 13.3. The standard InChI is InChI=1S/C29H41N6O6P/c1-20(2)34(21(3)4)42(40-16-15-30-6)41-22(5)24(19-36)18-29(37)23-9-14-27(28(17-23)35(38)39)32-31-25-10-12-26(13-11-25)33(7)8/h9-14,17,20-22,24,36H,15-16,18-19H2,1-5,7-8H3/t22-,24-,42?/m0/s1/i36D. The van der Waals surface area contributed by atoms with Crippen LogP contribution in [0, 0.1) is 22.6 Å². The number of nitro benzene ring substituents is 1. The number of azo groups is 1. The van der Waals surface area contributed by atoms with E-state index in [-0.39, 0.29) is 61.0 Å². The van der Waals surface area contributed by atoms with Gasteiger partial charge in [0.2, 0.25) is 7.98 Å². The number of nitro groups is 1. The SMILES string of the molecule is [2H]OC[C@H](CC(=O)c1ccc(N=Nc2ccc(N(C)C)cc2)c([N+](=O)[O-])c1)[C@H](C)OP(OCC[N+]#[C-])N(C(C)C)C(C)C. The third-order valence-corrected chi connectivity index (χ3v) is 8.58. The van der Waals surface area contributed by atoms with E-state index in [0.29, 0.717) is 5.69 Å². The molecule has 1 N–H and O–H groups in total. The topological polar surface area (TPSA) is 134 Å². The summed E-state index contributed by atoms with van der Waals surface area (Å²) in [5, 5.41) is 24.7. The first-order chi connectivity index (χ1) is 20.4. The van der Waals surface area contributed by atoms with Crippen LogP contribution >= 0.6 is 8.53 Å². The molecule has 0 bridgehead atoms. The van der Waals surface area contributed by atoms with Crippen LogP contribution in [0.4, 0.5) is 22.7 Å². The first-order valence-corrected chi connectivity index (χ1v) is 14.8. The fourth-order valence-electron chi connectivity index (χ4n) is 4.09. The van der Waals surface area contributed by atoms with Gasteiger partial charge >= 0.3 is 0 Å². The highest BCUT2D eigenvalue weighted by Crippen LogP contribution is 2.48. The quantitative estimate of drug-likeness (QED) is 0.0369. The van der Waals surface area contributed by atoms with Gasteiger partial charge in [-0.1, -0.05) is 0 Å². The van der Waals surface area contributed by atoms with Crippen LogP contribution in [-0.2, 0) is 9.05 Å². The number of benzene rings is 2. The first kappa shape index (κ1) is 33.2. The molecule has 42 heavy (non-hydrogen) atoms. The Hall–Kier alpha value is -3.33. The fraction of sp³-hybridized carbons (Fsp3) is 0.517. The van der Waals surface area contributed by atoms with E-state index in [1.54, 1.807) is 19.1 Å². The van der Waals surface area contributed by atoms with E-state index in [1.807, 2.05) is 58.8 Å². The summed E-state index contributed by atoms with van der Waals surface area (Å²) in [6.07, 6.45) is -0.638. The summed E-state index contributed by atoms with van der Waals surface area (Å²) in [6.45, 7) is 17.2. The lowest BCUT2D eigenvalue weighted by molar-refractivity contribution is -0.384. The minimum Gasteiger partial charge on any atom is -0.396 e. The largest absolute Gasteiger partial charge is 0.396 e. The van der Waals surface area contributed by atoms with E-state index < -0.39 is 25.5 Å². The second kappa shape index (κ2) is 16.9. The zero-order chi connectivity index (χ0) is 32.1. The Morgan fingerprint density at radius 3 is 2.36 bits per heavy atom. The Labute approximate surface area is 250 Å². The Kier molecular flexibility index (Phi) is 13.4. The summed E-state index contributed by atoms with van der Waals surface area (Å²) >= 11 is 0. The van der Waals surface area contributed by atoms with E-state index >= 15 is 0 Å². The lowest BCUT2D eigenvalue weighted by atomic mass is 9.94. The highest BCUT2D eigenvalue weighted by Gasteiger charge is 2.32. The molecule has 2 aromatic carbocycles. The molecule has 0 heterocycles. The van der Waals surface area contributed by atoms with Crippen molar-refractivity contribution in [2.75, 3.05) is 38.8 Å². The number of aliphatic hydroxyl groups is 1. The molecule has 0 saturated heterocycles.